The van der Waals surface area contributed by atoms with Crippen molar-refractivity contribution in [2.45, 2.75) is 24.3 Å². The second kappa shape index (κ2) is 6.64. The van der Waals surface area contributed by atoms with Crippen LogP contribution in [0.5, 0.6) is 0 Å². The van der Waals surface area contributed by atoms with Crippen LogP contribution in [-0.4, -0.2) is 26.5 Å². The molecule has 2 aromatic rings. The smallest absolute Gasteiger partial charge is 0.240 e. The number of nitrogens with zero attached hydrogens (tertiary/aromatic N) is 2. The van der Waals surface area contributed by atoms with E-state index in [2.05, 4.69) is 14.6 Å². The molecule has 23 heavy (non-hydrogen) atoms. The van der Waals surface area contributed by atoms with Crippen LogP contribution in [0.3, 0.4) is 0 Å². The lowest BCUT2D eigenvalue weighted by Gasteiger charge is -2.16. The molecule has 1 aromatic heterocycles. The highest BCUT2D eigenvalue weighted by Gasteiger charge is 2.15. The quantitative estimate of drug-likeness (QED) is 0.911. The standard InChI is InChI=1S/C16H18FN3O2S/c17-14-4-3-5-15(10-14)23(21,22)19-12-13-6-7-16(18-11-13)20-8-1-2-9-20/h3-7,10-11,19H,1-2,8-9,12H2. The molecule has 1 aromatic carbocycles. The molecule has 1 N–H and O–H groups in total. The Morgan fingerprint density at radius 1 is 1.17 bits per heavy atom. The van der Waals surface area contributed by atoms with Gasteiger partial charge in [-0.3, -0.25) is 0 Å². The molecule has 2 heterocycles. The maximum absolute atomic E-state index is 13.1. The van der Waals surface area contributed by atoms with E-state index in [4.69, 9.17) is 0 Å². The van der Waals surface area contributed by atoms with Gasteiger partial charge in [0, 0.05) is 25.8 Å². The third kappa shape index (κ3) is 3.86. The van der Waals surface area contributed by atoms with Crippen LogP contribution in [0.2, 0.25) is 0 Å². The summed E-state index contributed by atoms with van der Waals surface area (Å²) < 4.78 is 39.9. The van der Waals surface area contributed by atoms with Crippen molar-refractivity contribution in [2.75, 3.05) is 18.0 Å². The van der Waals surface area contributed by atoms with Crippen molar-refractivity contribution in [3.63, 3.8) is 0 Å². The minimum atomic E-state index is -3.73. The Hall–Kier alpha value is -1.99. The molecule has 0 bridgehead atoms. The van der Waals surface area contributed by atoms with Gasteiger partial charge in [-0.15, -0.1) is 0 Å². The van der Waals surface area contributed by atoms with Crippen LogP contribution >= 0.6 is 0 Å². The van der Waals surface area contributed by atoms with E-state index in [1.165, 1.54) is 31.0 Å². The molecule has 0 spiro atoms. The number of aromatic nitrogens is 1. The number of nitrogens with one attached hydrogen (secondary N) is 1. The summed E-state index contributed by atoms with van der Waals surface area (Å²) in [6.07, 6.45) is 4.02. The second-order valence-electron chi connectivity index (χ2n) is 5.50. The molecule has 1 aliphatic rings. The van der Waals surface area contributed by atoms with E-state index in [9.17, 15) is 12.8 Å². The summed E-state index contributed by atoms with van der Waals surface area (Å²) in [6, 6.07) is 8.69. The van der Waals surface area contributed by atoms with Gasteiger partial charge in [0.15, 0.2) is 0 Å². The molecular formula is C16H18FN3O2S. The summed E-state index contributed by atoms with van der Waals surface area (Å²) in [7, 11) is -3.73. The van der Waals surface area contributed by atoms with Crippen molar-refractivity contribution >= 4 is 15.8 Å². The summed E-state index contributed by atoms with van der Waals surface area (Å²) in [5.74, 6) is 0.337. The first-order valence-electron chi connectivity index (χ1n) is 7.50. The lowest BCUT2D eigenvalue weighted by Crippen LogP contribution is -2.23. The predicted molar refractivity (Wildman–Crippen MR) is 86.1 cm³/mol. The van der Waals surface area contributed by atoms with Gasteiger partial charge in [0.05, 0.1) is 4.90 Å². The van der Waals surface area contributed by atoms with Crippen molar-refractivity contribution < 1.29 is 12.8 Å². The van der Waals surface area contributed by atoms with Gasteiger partial charge in [0.2, 0.25) is 10.0 Å². The van der Waals surface area contributed by atoms with Crippen LogP contribution in [-0.2, 0) is 16.6 Å². The molecule has 122 valence electrons. The van der Waals surface area contributed by atoms with Crippen LogP contribution in [0.25, 0.3) is 0 Å². The van der Waals surface area contributed by atoms with Gasteiger partial charge < -0.3 is 4.90 Å². The second-order valence-corrected chi connectivity index (χ2v) is 7.27. The Labute approximate surface area is 135 Å². The maximum Gasteiger partial charge on any atom is 0.240 e. The van der Waals surface area contributed by atoms with E-state index in [0.717, 1.165) is 30.5 Å². The zero-order valence-electron chi connectivity index (χ0n) is 12.6. The fraction of sp³-hybridized carbons (Fsp3) is 0.312. The van der Waals surface area contributed by atoms with Gasteiger partial charge in [-0.25, -0.2) is 22.5 Å². The molecule has 5 nitrogen and oxygen atoms in total. The largest absolute Gasteiger partial charge is 0.357 e. The predicted octanol–water partition coefficient (Wildman–Crippen LogP) is 2.30. The van der Waals surface area contributed by atoms with Crippen LogP contribution < -0.4 is 9.62 Å². The van der Waals surface area contributed by atoms with E-state index in [0.29, 0.717) is 0 Å². The number of anilines is 1. The lowest BCUT2D eigenvalue weighted by molar-refractivity contribution is 0.577. The number of rotatable bonds is 5. The molecule has 0 amide bonds. The number of benzene rings is 1. The number of pyridine rings is 1. The van der Waals surface area contributed by atoms with E-state index >= 15 is 0 Å². The Balaban J connectivity index is 1.65. The zero-order valence-corrected chi connectivity index (χ0v) is 13.4. The maximum atomic E-state index is 13.1. The highest BCUT2D eigenvalue weighted by molar-refractivity contribution is 7.89. The van der Waals surface area contributed by atoms with Crippen LogP contribution in [0.4, 0.5) is 10.2 Å². The van der Waals surface area contributed by atoms with Gasteiger partial charge in [-0.05, 0) is 42.7 Å². The minimum Gasteiger partial charge on any atom is -0.357 e. The van der Waals surface area contributed by atoms with Crippen LogP contribution in [0.1, 0.15) is 18.4 Å². The van der Waals surface area contributed by atoms with Crippen molar-refractivity contribution in [1.82, 2.24) is 9.71 Å². The Morgan fingerprint density at radius 3 is 2.61 bits per heavy atom. The summed E-state index contributed by atoms with van der Waals surface area (Å²) >= 11 is 0. The first-order chi connectivity index (χ1) is 11.0. The van der Waals surface area contributed by atoms with Gasteiger partial charge in [-0.1, -0.05) is 12.1 Å². The molecule has 3 rings (SSSR count). The van der Waals surface area contributed by atoms with E-state index in [1.807, 2.05) is 12.1 Å². The zero-order chi connectivity index (χ0) is 16.3. The van der Waals surface area contributed by atoms with Crippen molar-refractivity contribution in [3.05, 3.63) is 54.0 Å². The molecule has 0 unspecified atom stereocenters. The highest BCUT2D eigenvalue weighted by atomic mass is 32.2. The molecule has 1 saturated heterocycles. The monoisotopic (exact) mass is 335 g/mol. The molecule has 0 radical (unpaired) electrons. The first kappa shape index (κ1) is 15.9. The number of sulfonamides is 1. The topological polar surface area (TPSA) is 62.3 Å². The van der Waals surface area contributed by atoms with Gasteiger partial charge in [0.25, 0.3) is 0 Å². The first-order valence-corrected chi connectivity index (χ1v) is 8.98. The molecular weight excluding hydrogens is 317 g/mol. The minimum absolute atomic E-state index is 0.0841. The number of hydrogen-bond donors (Lipinski definition) is 1. The fourth-order valence-corrected chi connectivity index (χ4v) is 3.60. The van der Waals surface area contributed by atoms with Gasteiger partial charge >= 0.3 is 0 Å². The molecule has 0 aliphatic carbocycles. The fourth-order valence-electron chi connectivity index (χ4n) is 2.55. The third-order valence-electron chi connectivity index (χ3n) is 3.81. The average Bonchev–Trinajstić information content (AvgIpc) is 3.08. The van der Waals surface area contributed by atoms with Gasteiger partial charge in [-0.2, -0.15) is 0 Å². The lowest BCUT2D eigenvalue weighted by atomic mass is 10.3. The van der Waals surface area contributed by atoms with E-state index < -0.39 is 15.8 Å². The van der Waals surface area contributed by atoms with E-state index in [1.54, 1.807) is 6.20 Å². The van der Waals surface area contributed by atoms with Crippen molar-refractivity contribution in [3.8, 4) is 0 Å². The van der Waals surface area contributed by atoms with Crippen molar-refractivity contribution in [1.29, 1.82) is 0 Å². The SMILES string of the molecule is O=S(=O)(NCc1ccc(N2CCCC2)nc1)c1cccc(F)c1. The van der Waals surface area contributed by atoms with E-state index in [-0.39, 0.29) is 11.4 Å². The Kier molecular flexibility index (Phi) is 4.58. The summed E-state index contributed by atoms with van der Waals surface area (Å²) in [6.45, 7) is 2.14. The van der Waals surface area contributed by atoms with Crippen LogP contribution in [0.15, 0.2) is 47.5 Å². The van der Waals surface area contributed by atoms with Crippen molar-refractivity contribution in [2.24, 2.45) is 0 Å². The molecule has 1 fully saturated rings. The highest BCUT2D eigenvalue weighted by Crippen LogP contribution is 2.18. The molecule has 7 heteroatoms. The Bertz CT molecular complexity index is 772. The summed E-state index contributed by atoms with van der Waals surface area (Å²) in [5.41, 5.74) is 0.757. The number of halogens is 1. The van der Waals surface area contributed by atoms with Crippen LogP contribution in [0, 0.1) is 5.82 Å². The third-order valence-corrected chi connectivity index (χ3v) is 5.21. The molecule has 0 saturated carbocycles. The molecule has 1 aliphatic heterocycles. The summed E-state index contributed by atoms with van der Waals surface area (Å²) in [4.78, 5) is 6.50. The normalized spacial score (nSPS) is 15.1. The molecule has 0 atom stereocenters. The summed E-state index contributed by atoms with van der Waals surface area (Å²) in [5, 5.41) is 0. The average molecular weight is 335 g/mol. The van der Waals surface area contributed by atoms with Gasteiger partial charge in [0.1, 0.15) is 11.6 Å². The number of hydrogen-bond acceptors (Lipinski definition) is 4. The Morgan fingerprint density at radius 2 is 1.96 bits per heavy atom.